The number of hydrogen-bond acceptors (Lipinski definition) is 0. The van der Waals surface area contributed by atoms with Crippen molar-refractivity contribution in [2.45, 2.75) is 0 Å². The van der Waals surface area contributed by atoms with E-state index in [-0.39, 0.29) is 19.5 Å². The van der Waals surface area contributed by atoms with Crippen molar-refractivity contribution in [2.24, 2.45) is 0 Å². The Morgan fingerprint density at radius 3 is 1.08 bits per heavy atom. The summed E-state index contributed by atoms with van der Waals surface area (Å²) >= 11 is 0. The number of benzene rings is 5. The summed E-state index contributed by atoms with van der Waals surface area (Å²) in [6.45, 7) is 0. The zero-order valence-corrected chi connectivity index (χ0v) is 24.5. The SMILES string of the molecule is [RuH].c1cc[c-]2cccc2c1.c1ccc([PH+](C[PH+](c2ccccc2)c2ccccc2)c2ccccc2)cc1. The number of rotatable bonds is 6. The van der Waals surface area contributed by atoms with E-state index < -0.39 is 15.8 Å². The molecule has 6 aromatic carbocycles. The average Bonchev–Trinajstić information content (AvgIpc) is 3.45. The van der Waals surface area contributed by atoms with Crippen LogP contribution < -0.4 is 21.2 Å². The molecule has 0 N–H and O–H groups in total. The molecule has 0 aromatic heterocycles. The molecular weight excluding hydrogens is 571 g/mol. The molecule has 0 unspecified atom stereocenters. The van der Waals surface area contributed by atoms with Crippen molar-refractivity contribution in [2.75, 3.05) is 5.90 Å². The fourth-order valence-corrected chi connectivity index (χ4v) is 12.3. The van der Waals surface area contributed by atoms with E-state index in [2.05, 4.69) is 164 Å². The molecule has 6 rings (SSSR count). The van der Waals surface area contributed by atoms with Gasteiger partial charge in [0.2, 0.25) is 0 Å². The van der Waals surface area contributed by atoms with Crippen LogP contribution in [0.4, 0.5) is 0 Å². The molecule has 6 aromatic rings. The maximum absolute atomic E-state index is 2.32. The molecule has 0 radical (unpaired) electrons. The van der Waals surface area contributed by atoms with Crippen LogP contribution in [0.5, 0.6) is 0 Å². The Kier molecular flexibility index (Phi) is 10.5. The first-order valence-electron chi connectivity index (χ1n) is 12.4. The van der Waals surface area contributed by atoms with Gasteiger partial charge in [0.15, 0.2) is 5.90 Å². The van der Waals surface area contributed by atoms with Gasteiger partial charge in [-0.3, -0.25) is 0 Å². The van der Waals surface area contributed by atoms with Crippen LogP contribution >= 0.6 is 15.8 Å². The summed E-state index contributed by atoms with van der Waals surface area (Å²) in [4.78, 5) is 0. The quantitative estimate of drug-likeness (QED) is 0.110. The van der Waals surface area contributed by atoms with Crippen LogP contribution in [0.2, 0.25) is 0 Å². The fraction of sp³-hybridized carbons (Fsp3) is 0.0294. The maximum atomic E-state index is 2.32. The number of fused-ring (bicyclic) bond motifs is 1. The smallest absolute Gasteiger partial charge is 0.152 e. The van der Waals surface area contributed by atoms with Gasteiger partial charge in [-0.25, -0.2) is 0 Å². The van der Waals surface area contributed by atoms with Crippen LogP contribution in [0.1, 0.15) is 0 Å². The van der Waals surface area contributed by atoms with Gasteiger partial charge in [-0.1, -0.05) is 78.2 Å². The standard InChI is InChI=1S/C25H22P2.C9H7.Ru.H/c1-5-13-22(14-6-1)26(23-15-7-2-8-16-23)21-27(24-17-9-3-10-18-24)25-19-11-4-12-20-25;1-2-5-9-7-3-6-8(9)4-1;;/h1-20H,21H2;1-7H;;/q;-1;;/p+2. The van der Waals surface area contributed by atoms with E-state index in [1.54, 1.807) is 0 Å². The molecule has 0 heterocycles. The zero-order chi connectivity index (χ0) is 24.4. The number of hydrogen-bond donors (Lipinski definition) is 0. The summed E-state index contributed by atoms with van der Waals surface area (Å²) in [5.41, 5.74) is 0. The molecule has 0 saturated carbocycles. The zero-order valence-electron chi connectivity index (χ0n) is 20.7. The van der Waals surface area contributed by atoms with Gasteiger partial charge < -0.3 is 0 Å². The molecule has 0 spiro atoms. The first-order chi connectivity index (χ1) is 17.9. The van der Waals surface area contributed by atoms with Gasteiger partial charge in [-0.2, -0.15) is 12.1 Å². The van der Waals surface area contributed by atoms with Crippen molar-refractivity contribution in [3.05, 3.63) is 164 Å². The third kappa shape index (κ3) is 7.37. The molecule has 0 atom stereocenters. The minimum Gasteiger partial charge on any atom is -0.152 e. The summed E-state index contributed by atoms with van der Waals surface area (Å²) in [5.74, 6) is 1.25. The Bertz CT molecular complexity index is 1260. The molecular formula is C34H32P2Ru+. The van der Waals surface area contributed by atoms with Crippen LogP contribution in [0, 0.1) is 0 Å². The second-order valence-corrected chi connectivity index (χ2v) is 14.4. The predicted octanol–water partition coefficient (Wildman–Crippen LogP) is 6.96. The minimum absolute atomic E-state index is 0. The molecule has 0 fully saturated rings. The van der Waals surface area contributed by atoms with E-state index in [4.69, 9.17) is 0 Å². The van der Waals surface area contributed by atoms with Gasteiger partial charge in [-0.15, -0.1) is 35.7 Å². The van der Waals surface area contributed by atoms with E-state index >= 15 is 0 Å². The second kappa shape index (κ2) is 14.2. The summed E-state index contributed by atoms with van der Waals surface area (Å²) < 4.78 is 0. The third-order valence-electron chi connectivity index (χ3n) is 6.39. The van der Waals surface area contributed by atoms with Crippen molar-refractivity contribution in [1.29, 1.82) is 0 Å². The van der Waals surface area contributed by atoms with E-state index in [9.17, 15) is 0 Å². The second-order valence-electron chi connectivity index (χ2n) is 8.75. The first kappa shape index (κ1) is 27.2. The Morgan fingerprint density at radius 1 is 0.378 bits per heavy atom. The molecule has 0 nitrogen and oxygen atoms in total. The molecule has 0 aliphatic rings. The largest absolute Gasteiger partial charge is 0.174 e. The van der Waals surface area contributed by atoms with Gasteiger partial charge in [-0.05, 0) is 48.5 Å². The molecule has 185 valence electrons. The van der Waals surface area contributed by atoms with E-state index in [0.29, 0.717) is 0 Å². The molecule has 0 aliphatic carbocycles. The van der Waals surface area contributed by atoms with Gasteiger partial charge in [0, 0.05) is 0 Å². The molecule has 0 bridgehead atoms. The molecule has 37 heavy (non-hydrogen) atoms. The van der Waals surface area contributed by atoms with Gasteiger partial charge in [0.1, 0.15) is 37.1 Å². The van der Waals surface area contributed by atoms with Crippen LogP contribution in [-0.2, 0) is 19.5 Å². The summed E-state index contributed by atoms with van der Waals surface area (Å²) in [7, 11) is -1.69. The third-order valence-corrected chi connectivity index (χ3v) is 13.3. The fourth-order valence-electron chi connectivity index (χ4n) is 4.55. The van der Waals surface area contributed by atoms with Gasteiger partial charge in [0.05, 0.1) is 0 Å². The normalized spacial score (nSPS) is 10.5. The molecule has 0 saturated heterocycles. The van der Waals surface area contributed by atoms with E-state index in [0.717, 1.165) is 0 Å². The molecule has 3 heteroatoms. The van der Waals surface area contributed by atoms with Crippen molar-refractivity contribution >= 4 is 47.8 Å². The van der Waals surface area contributed by atoms with Crippen LogP contribution in [0.15, 0.2) is 164 Å². The predicted molar refractivity (Wildman–Crippen MR) is 167 cm³/mol. The Balaban J connectivity index is 0.000000269. The minimum atomic E-state index is -0.847. The Hall–Kier alpha value is -2.81. The van der Waals surface area contributed by atoms with Crippen LogP contribution in [-0.4, -0.2) is 5.90 Å². The molecule has 0 aliphatic heterocycles. The first-order valence-corrected chi connectivity index (χ1v) is 15.8. The summed E-state index contributed by atoms with van der Waals surface area (Å²) in [6, 6.07) is 59.1. The van der Waals surface area contributed by atoms with Crippen molar-refractivity contribution in [1.82, 2.24) is 0 Å². The summed E-state index contributed by atoms with van der Waals surface area (Å²) in [6.07, 6.45) is 0. The van der Waals surface area contributed by atoms with Crippen molar-refractivity contribution < 1.29 is 19.5 Å². The Labute approximate surface area is 236 Å². The Morgan fingerprint density at radius 2 is 0.703 bits per heavy atom. The van der Waals surface area contributed by atoms with E-state index in [1.165, 1.54) is 37.9 Å². The summed E-state index contributed by atoms with van der Waals surface area (Å²) in [5, 5.41) is 8.67. The van der Waals surface area contributed by atoms with Crippen molar-refractivity contribution in [3.8, 4) is 0 Å². The van der Waals surface area contributed by atoms with Crippen LogP contribution in [0.25, 0.3) is 10.8 Å². The van der Waals surface area contributed by atoms with Gasteiger partial charge in [0.25, 0.3) is 0 Å². The van der Waals surface area contributed by atoms with E-state index in [1.807, 2.05) is 0 Å². The molecule has 0 amide bonds. The van der Waals surface area contributed by atoms with Crippen LogP contribution in [0.3, 0.4) is 0 Å². The van der Waals surface area contributed by atoms with Gasteiger partial charge >= 0.3 is 19.5 Å². The topological polar surface area (TPSA) is 0 Å². The average molecular weight is 604 g/mol. The maximum Gasteiger partial charge on any atom is 0.174 e. The monoisotopic (exact) mass is 604 g/mol. The van der Waals surface area contributed by atoms with Crippen molar-refractivity contribution in [3.63, 3.8) is 0 Å².